The van der Waals surface area contributed by atoms with Crippen molar-refractivity contribution < 1.29 is 0 Å². The van der Waals surface area contributed by atoms with E-state index in [-0.39, 0.29) is 11.6 Å². The Morgan fingerprint density at radius 2 is 1.88 bits per heavy atom. The molecule has 1 N–H and O–H groups in total. The highest BCUT2D eigenvalue weighted by atomic mass is 16.1. The number of likely N-dealkylation sites (tertiary alicyclic amines) is 1. The molecule has 0 aromatic carbocycles. The molecule has 1 aliphatic carbocycles. The number of hydrogen-bond acceptors (Lipinski definition) is 4. The highest BCUT2D eigenvalue weighted by Crippen LogP contribution is 2.33. The first-order valence-corrected chi connectivity index (χ1v) is 9.55. The third-order valence-electron chi connectivity index (χ3n) is 5.63. The quantitative estimate of drug-likeness (QED) is 0.926. The number of H-pyrrole nitrogens is 1. The van der Waals surface area contributed by atoms with Crippen LogP contribution in [0.5, 0.6) is 0 Å². The Hall–Kier alpha value is -2.01. The predicted octanol–water partition coefficient (Wildman–Crippen LogP) is 3.55. The van der Waals surface area contributed by atoms with Crippen molar-refractivity contribution in [3.8, 4) is 11.3 Å². The molecule has 1 saturated carbocycles. The second-order valence-corrected chi connectivity index (χ2v) is 7.41. The van der Waals surface area contributed by atoms with Crippen LogP contribution in [0.3, 0.4) is 0 Å². The average molecular weight is 338 g/mol. The summed E-state index contributed by atoms with van der Waals surface area (Å²) in [7, 11) is 0. The molecule has 25 heavy (non-hydrogen) atoms. The normalized spacial score (nSPS) is 22.3. The summed E-state index contributed by atoms with van der Waals surface area (Å²) in [6.07, 6.45) is 12.6. The Morgan fingerprint density at radius 3 is 2.68 bits per heavy atom. The molecule has 2 aromatic rings. The maximum Gasteiger partial charge on any atom is 0.251 e. The monoisotopic (exact) mass is 338 g/mol. The molecule has 0 bridgehead atoms. The minimum atomic E-state index is -0.0682. The van der Waals surface area contributed by atoms with Gasteiger partial charge in [0.15, 0.2) is 0 Å². The summed E-state index contributed by atoms with van der Waals surface area (Å²) < 4.78 is 0. The van der Waals surface area contributed by atoms with Crippen LogP contribution in [-0.4, -0.2) is 32.9 Å². The van der Waals surface area contributed by atoms with Crippen LogP contribution in [0.15, 0.2) is 35.4 Å². The number of aromatic amines is 1. The Kier molecular flexibility index (Phi) is 4.92. The predicted molar refractivity (Wildman–Crippen MR) is 98.2 cm³/mol. The van der Waals surface area contributed by atoms with Gasteiger partial charge < -0.3 is 4.98 Å². The summed E-state index contributed by atoms with van der Waals surface area (Å²) in [6, 6.07) is 5.63. The standard InChI is InChI=1S/C20H26N4O/c25-19-13-17(16-8-10-21-11-9-16)22-20(23-19)18-7-4-12-24(18)14-15-5-2-1-3-6-15/h8-11,13,15,18H,1-7,12,14H2,(H,22,23,25). The average Bonchev–Trinajstić information content (AvgIpc) is 3.11. The number of pyridine rings is 1. The summed E-state index contributed by atoms with van der Waals surface area (Å²) in [5.41, 5.74) is 1.62. The highest BCUT2D eigenvalue weighted by Gasteiger charge is 2.30. The fourth-order valence-electron chi connectivity index (χ4n) is 4.36. The molecule has 3 heterocycles. The van der Waals surface area contributed by atoms with Gasteiger partial charge >= 0.3 is 0 Å². The van der Waals surface area contributed by atoms with Crippen molar-refractivity contribution in [2.24, 2.45) is 5.92 Å². The second-order valence-electron chi connectivity index (χ2n) is 7.41. The van der Waals surface area contributed by atoms with E-state index < -0.39 is 0 Å². The van der Waals surface area contributed by atoms with Gasteiger partial charge in [-0.05, 0) is 50.3 Å². The van der Waals surface area contributed by atoms with Crippen molar-refractivity contribution in [3.05, 3.63) is 46.8 Å². The summed E-state index contributed by atoms with van der Waals surface area (Å²) in [6.45, 7) is 2.26. The number of hydrogen-bond donors (Lipinski definition) is 1. The van der Waals surface area contributed by atoms with Crippen molar-refractivity contribution in [2.45, 2.75) is 51.0 Å². The molecular formula is C20H26N4O. The number of aromatic nitrogens is 3. The Morgan fingerprint density at radius 1 is 1.08 bits per heavy atom. The van der Waals surface area contributed by atoms with E-state index in [0.717, 1.165) is 42.5 Å². The molecule has 2 fully saturated rings. The molecule has 5 heteroatoms. The van der Waals surface area contributed by atoms with Gasteiger partial charge in [-0.3, -0.25) is 14.7 Å². The van der Waals surface area contributed by atoms with E-state index in [4.69, 9.17) is 4.98 Å². The van der Waals surface area contributed by atoms with E-state index in [1.165, 1.54) is 38.5 Å². The first kappa shape index (κ1) is 16.5. The van der Waals surface area contributed by atoms with Crippen LogP contribution in [0.1, 0.15) is 56.8 Å². The van der Waals surface area contributed by atoms with Gasteiger partial charge in [-0.25, -0.2) is 4.98 Å². The van der Waals surface area contributed by atoms with Gasteiger partial charge in [0.2, 0.25) is 0 Å². The molecule has 0 spiro atoms. The van der Waals surface area contributed by atoms with Crippen LogP contribution in [0.2, 0.25) is 0 Å². The molecule has 2 aliphatic rings. The SMILES string of the molecule is O=c1cc(-c2ccncc2)nc(C2CCCN2CC2CCCCC2)[nH]1. The number of nitrogens with zero attached hydrogens (tertiary/aromatic N) is 3. The van der Waals surface area contributed by atoms with E-state index in [0.29, 0.717) is 0 Å². The van der Waals surface area contributed by atoms with Crippen LogP contribution in [-0.2, 0) is 0 Å². The fraction of sp³-hybridized carbons (Fsp3) is 0.550. The maximum absolute atomic E-state index is 12.2. The van der Waals surface area contributed by atoms with Crippen LogP contribution in [0.4, 0.5) is 0 Å². The summed E-state index contributed by atoms with van der Waals surface area (Å²) >= 11 is 0. The topological polar surface area (TPSA) is 61.9 Å². The van der Waals surface area contributed by atoms with Gasteiger partial charge in [0.25, 0.3) is 5.56 Å². The van der Waals surface area contributed by atoms with Crippen molar-refractivity contribution in [3.63, 3.8) is 0 Å². The smallest absolute Gasteiger partial charge is 0.251 e. The summed E-state index contributed by atoms with van der Waals surface area (Å²) in [4.78, 5) is 26.6. The van der Waals surface area contributed by atoms with E-state index in [1.54, 1.807) is 18.5 Å². The zero-order chi connectivity index (χ0) is 17.1. The maximum atomic E-state index is 12.2. The summed E-state index contributed by atoms with van der Waals surface area (Å²) in [5.74, 6) is 1.64. The molecule has 0 radical (unpaired) electrons. The summed E-state index contributed by atoms with van der Waals surface area (Å²) in [5, 5.41) is 0. The second kappa shape index (κ2) is 7.48. The molecule has 0 amide bonds. The number of nitrogens with one attached hydrogen (secondary N) is 1. The largest absolute Gasteiger partial charge is 0.309 e. The van der Waals surface area contributed by atoms with Crippen LogP contribution >= 0.6 is 0 Å². The number of rotatable bonds is 4. The zero-order valence-corrected chi connectivity index (χ0v) is 14.7. The molecule has 1 atom stereocenters. The molecule has 1 unspecified atom stereocenters. The lowest BCUT2D eigenvalue weighted by Crippen LogP contribution is -2.32. The van der Waals surface area contributed by atoms with Gasteiger partial charge in [-0.15, -0.1) is 0 Å². The Balaban J connectivity index is 1.57. The lowest BCUT2D eigenvalue weighted by Gasteiger charge is -2.30. The lowest BCUT2D eigenvalue weighted by atomic mass is 9.89. The molecule has 132 valence electrons. The molecule has 2 aromatic heterocycles. The molecule has 1 aliphatic heterocycles. The van der Waals surface area contributed by atoms with Crippen LogP contribution in [0, 0.1) is 5.92 Å². The van der Waals surface area contributed by atoms with Gasteiger partial charge in [0.1, 0.15) is 5.82 Å². The zero-order valence-electron chi connectivity index (χ0n) is 14.7. The third-order valence-corrected chi connectivity index (χ3v) is 5.63. The van der Waals surface area contributed by atoms with Crippen molar-refractivity contribution >= 4 is 0 Å². The van der Waals surface area contributed by atoms with E-state index in [2.05, 4.69) is 14.9 Å². The van der Waals surface area contributed by atoms with Gasteiger partial charge in [-0.2, -0.15) is 0 Å². The first-order valence-electron chi connectivity index (χ1n) is 9.55. The minimum absolute atomic E-state index is 0.0682. The van der Waals surface area contributed by atoms with Crippen LogP contribution in [0.25, 0.3) is 11.3 Å². The Labute approximate surface area is 148 Å². The molecule has 4 rings (SSSR count). The van der Waals surface area contributed by atoms with Crippen molar-refractivity contribution in [1.82, 2.24) is 19.9 Å². The van der Waals surface area contributed by atoms with Crippen LogP contribution < -0.4 is 5.56 Å². The van der Waals surface area contributed by atoms with E-state index in [1.807, 2.05) is 12.1 Å². The molecule has 1 saturated heterocycles. The van der Waals surface area contributed by atoms with Gasteiger partial charge in [0.05, 0.1) is 11.7 Å². The molecular weight excluding hydrogens is 312 g/mol. The Bertz CT molecular complexity index is 752. The van der Waals surface area contributed by atoms with E-state index >= 15 is 0 Å². The van der Waals surface area contributed by atoms with E-state index in [9.17, 15) is 4.79 Å². The third kappa shape index (κ3) is 3.82. The first-order chi connectivity index (χ1) is 12.3. The highest BCUT2D eigenvalue weighted by molar-refractivity contribution is 5.57. The van der Waals surface area contributed by atoms with Gasteiger partial charge in [0, 0.05) is 30.6 Å². The lowest BCUT2D eigenvalue weighted by molar-refractivity contribution is 0.183. The van der Waals surface area contributed by atoms with Crippen molar-refractivity contribution in [2.75, 3.05) is 13.1 Å². The van der Waals surface area contributed by atoms with Crippen molar-refractivity contribution in [1.29, 1.82) is 0 Å². The fourth-order valence-corrected chi connectivity index (χ4v) is 4.36. The molecule has 5 nitrogen and oxygen atoms in total. The minimum Gasteiger partial charge on any atom is -0.309 e. The van der Waals surface area contributed by atoms with Gasteiger partial charge in [-0.1, -0.05) is 19.3 Å².